The lowest BCUT2D eigenvalue weighted by atomic mass is 10.1. The number of aromatic nitrogens is 2. The summed E-state index contributed by atoms with van der Waals surface area (Å²) in [6, 6.07) is 9.51. The monoisotopic (exact) mass is 311 g/mol. The van der Waals surface area contributed by atoms with Gasteiger partial charge in [-0.25, -0.2) is 10.4 Å². The summed E-state index contributed by atoms with van der Waals surface area (Å²) in [7, 11) is 0. The average Bonchev–Trinajstić information content (AvgIpc) is 3.09. The topological polar surface area (TPSA) is 88.4 Å². The molecule has 1 aromatic carbocycles. The van der Waals surface area contributed by atoms with E-state index in [1.54, 1.807) is 12.5 Å². The van der Waals surface area contributed by atoms with Gasteiger partial charge in [0.15, 0.2) is 0 Å². The Hall–Kier alpha value is -2.96. The molecule has 23 heavy (non-hydrogen) atoms. The van der Waals surface area contributed by atoms with E-state index < -0.39 is 0 Å². The van der Waals surface area contributed by atoms with E-state index in [1.165, 1.54) is 0 Å². The fourth-order valence-corrected chi connectivity index (χ4v) is 2.40. The zero-order chi connectivity index (χ0) is 16.1. The van der Waals surface area contributed by atoms with Crippen LogP contribution < -0.4 is 10.7 Å². The molecule has 1 aromatic heterocycles. The zero-order valence-corrected chi connectivity index (χ0v) is 12.5. The number of nitrogens with one attached hydrogen (secondary N) is 2. The molecule has 7 heteroatoms. The van der Waals surface area contributed by atoms with E-state index in [0.29, 0.717) is 18.7 Å². The van der Waals surface area contributed by atoms with Crippen molar-refractivity contribution in [1.29, 1.82) is 0 Å². The van der Waals surface area contributed by atoms with Crippen LogP contribution in [0.15, 0.2) is 54.2 Å². The summed E-state index contributed by atoms with van der Waals surface area (Å²) in [6.07, 6.45) is 5.89. The molecule has 0 bridgehead atoms. The summed E-state index contributed by atoms with van der Waals surface area (Å²) >= 11 is 0. The first-order chi connectivity index (χ1) is 11.2. The maximum atomic E-state index is 12.4. The molecule has 0 aliphatic carbocycles. The Balaban J connectivity index is 1.75. The van der Waals surface area contributed by atoms with Gasteiger partial charge in [0, 0.05) is 31.8 Å². The summed E-state index contributed by atoms with van der Waals surface area (Å²) in [5.74, 6) is -0.432. The molecule has 0 saturated carbocycles. The quantitative estimate of drug-likeness (QED) is 0.863. The van der Waals surface area contributed by atoms with Crippen molar-refractivity contribution in [2.45, 2.75) is 25.4 Å². The van der Waals surface area contributed by atoms with Crippen molar-refractivity contribution in [1.82, 2.24) is 20.3 Å². The van der Waals surface area contributed by atoms with E-state index in [4.69, 9.17) is 0 Å². The predicted molar refractivity (Wildman–Crippen MR) is 84.4 cm³/mol. The molecule has 1 atom stereocenters. The lowest BCUT2D eigenvalue weighted by Gasteiger charge is -2.21. The van der Waals surface area contributed by atoms with E-state index in [9.17, 15) is 9.59 Å². The van der Waals surface area contributed by atoms with E-state index in [-0.39, 0.29) is 24.3 Å². The third-order valence-corrected chi connectivity index (χ3v) is 3.63. The second kappa shape index (κ2) is 6.87. The van der Waals surface area contributed by atoms with Crippen molar-refractivity contribution >= 4 is 17.5 Å². The van der Waals surface area contributed by atoms with Crippen molar-refractivity contribution in [3.63, 3.8) is 0 Å². The highest BCUT2D eigenvalue weighted by Crippen LogP contribution is 2.15. The highest BCUT2D eigenvalue weighted by Gasteiger charge is 2.22. The van der Waals surface area contributed by atoms with E-state index >= 15 is 0 Å². The lowest BCUT2D eigenvalue weighted by Crippen LogP contribution is -2.39. The number of rotatable bonds is 5. The Kier molecular flexibility index (Phi) is 4.46. The molecule has 0 radical (unpaired) electrons. The van der Waals surface area contributed by atoms with Crippen LogP contribution in [0.2, 0.25) is 0 Å². The molecule has 118 valence electrons. The fraction of sp³-hybridized carbons (Fsp3) is 0.250. The number of imidazole rings is 1. The zero-order valence-electron chi connectivity index (χ0n) is 12.5. The molecule has 1 aliphatic rings. The number of hydrogen-bond donors (Lipinski definition) is 2. The summed E-state index contributed by atoms with van der Waals surface area (Å²) < 4.78 is 1.91. The fourth-order valence-electron chi connectivity index (χ4n) is 2.40. The van der Waals surface area contributed by atoms with Crippen LogP contribution in [-0.4, -0.2) is 27.1 Å². The Morgan fingerprint density at radius 2 is 2.13 bits per heavy atom. The number of nitrogens with zero attached hydrogens (tertiary/aromatic N) is 3. The van der Waals surface area contributed by atoms with Crippen LogP contribution >= 0.6 is 0 Å². The number of benzene rings is 1. The molecule has 2 aromatic rings. The summed E-state index contributed by atoms with van der Waals surface area (Å²) in [5, 5.41) is 6.83. The number of hydrogen-bond acceptors (Lipinski definition) is 4. The highest BCUT2D eigenvalue weighted by molar-refractivity contribution is 6.39. The van der Waals surface area contributed by atoms with E-state index in [2.05, 4.69) is 20.8 Å². The van der Waals surface area contributed by atoms with Gasteiger partial charge in [0.2, 0.25) is 5.91 Å². The lowest BCUT2D eigenvalue weighted by molar-refractivity contribution is -0.121. The van der Waals surface area contributed by atoms with Gasteiger partial charge in [-0.2, -0.15) is 5.10 Å². The van der Waals surface area contributed by atoms with Crippen molar-refractivity contribution < 1.29 is 9.59 Å². The van der Waals surface area contributed by atoms with Crippen LogP contribution in [0.25, 0.3) is 0 Å². The van der Waals surface area contributed by atoms with E-state index in [1.807, 2.05) is 41.1 Å². The van der Waals surface area contributed by atoms with Crippen molar-refractivity contribution in [3.05, 3.63) is 54.6 Å². The molecular weight excluding hydrogens is 294 g/mol. The van der Waals surface area contributed by atoms with Gasteiger partial charge in [0.25, 0.3) is 5.91 Å². The Morgan fingerprint density at radius 1 is 1.30 bits per heavy atom. The molecular formula is C16H17N5O2. The maximum absolute atomic E-state index is 12.4. The Morgan fingerprint density at radius 3 is 2.78 bits per heavy atom. The minimum absolute atomic E-state index is 0.167. The normalized spacial score (nSPS) is 15.5. The predicted octanol–water partition coefficient (Wildman–Crippen LogP) is 1.01. The summed E-state index contributed by atoms with van der Waals surface area (Å²) in [5.41, 5.74) is 3.68. The second-order valence-electron chi connectivity index (χ2n) is 5.29. The van der Waals surface area contributed by atoms with Gasteiger partial charge >= 0.3 is 0 Å². The molecule has 0 unspecified atom stereocenters. The van der Waals surface area contributed by atoms with Gasteiger partial charge in [-0.15, -0.1) is 0 Å². The van der Waals surface area contributed by atoms with Crippen molar-refractivity contribution in [3.8, 4) is 0 Å². The van der Waals surface area contributed by atoms with Crippen LogP contribution in [-0.2, 0) is 16.1 Å². The second-order valence-corrected chi connectivity index (χ2v) is 5.29. The minimum atomic E-state index is -0.265. The molecule has 2 N–H and O–H groups in total. The van der Waals surface area contributed by atoms with Gasteiger partial charge < -0.3 is 9.88 Å². The molecule has 0 spiro atoms. The third-order valence-electron chi connectivity index (χ3n) is 3.63. The Labute approximate surface area is 133 Å². The molecule has 2 heterocycles. The molecule has 2 amide bonds. The van der Waals surface area contributed by atoms with Crippen LogP contribution in [0, 0.1) is 0 Å². The molecule has 7 nitrogen and oxygen atoms in total. The summed E-state index contributed by atoms with van der Waals surface area (Å²) in [6.45, 7) is 0.565. The summed E-state index contributed by atoms with van der Waals surface area (Å²) in [4.78, 5) is 27.6. The maximum Gasteiger partial charge on any atom is 0.268 e. The van der Waals surface area contributed by atoms with Crippen LogP contribution in [0.1, 0.15) is 24.4 Å². The first kappa shape index (κ1) is 15.0. The van der Waals surface area contributed by atoms with Crippen molar-refractivity contribution in [2.75, 3.05) is 0 Å². The number of carbonyl (C=O) groups excluding carboxylic acids is 2. The SMILES string of the molecule is O=C1CCC(C(=O)N[C@H](Cn2ccnc2)c2ccccc2)=NN1. The van der Waals surface area contributed by atoms with Crippen LogP contribution in [0.5, 0.6) is 0 Å². The number of amides is 2. The first-order valence-electron chi connectivity index (χ1n) is 7.39. The molecule has 0 fully saturated rings. The van der Waals surface area contributed by atoms with Gasteiger partial charge in [-0.3, -0.25) is 9.59 Å². The largest absolute Gasteiger partial charge is 0.342 e. The molecule has 0 saturated heterocycles. The standard InChI is InChI=1S/C16H17N5O2/c22-15-7-6-13(19-20-15)16(23)18-14(10-21-9-8-17-11-21)12-4-2-1-3-5-12/h1-5,8-9,11,14H,6-7,10H2,(H,18,23)(H,20,22)/t14-/m1/s1. The average molecular weight is 311 g/mol. The smallest absolute Gasteiger partial charge is 0.268 e. The first-order valence-corrected chi connectivity index (χ1v) is 7.39. The molecule has 3 rings (SSSR count). The van der Waals surface area contributed by atoms with Gasteiger partial charge in [0.05, 0.1) is 12.4 Å². The highest BCUT2D eigenvalue weighted by atomic mass is 16.2. The van der Waals surface area contributed by atoms with Crippen LogP contribution in [0.3, 0.4) is 0 Å². The van der Waals surface area contributed by atoms with E-state index in [0.717, 1.165) is 5.56 Å². The Bertz CT molecular complexity index is 709. The van der Waals surface area contributed by atoms with Gasteiger partial charge in [-0.1, -0.05) is 30.3 Å². The van der Waals surface area contributed by atoms with Gasteiger partial charge in [-0.05, 0) is 5.56 Å². The number of hydrazone groups is 1. The third kappa shape index (κ3) is 3.82. The van der Waals surface area contributed by atoms with Crippen molar-refractivity contribution in [2.24, 2.45) is 5.10 Å². The van der Waals surface area contributed by atoms with Crippen LogP contribution in [0.4, 0.5) is 0 Å². The minimum Gasteiger partial charge on any atom is -0.342 e. The molecule has 1 aliphatic heterocycles. The number of carbonyl (C=O) groups is 2. The van der Waals surface area contributed by atoms with Gasteiger partial charge in [0.1, 0.15) is 5.71 Å².